The average molecular weight is 272 g/mol. The Hall–Kier alpha value is -1.27. The molecular formula is C12H17FN2O2S. The number of hydrogen-bond donors (Lipinski definition) is 3. The number of nitrogens with one attached hydrogen (secondary N) is 1. The molecule has 0 unspecified atom stereocenters. The second kappa shape index (κ2) is 7.94. The number of nitrogens with two attached hydrogens (primary N) is 1. The van der Waals surface area contributed by atoms with Crippen LogP contribution in [0.25, 0.3) is 0 Å². The van der Waals surface area contributed by atoms with Gasteiger partial charge >= 0.3 is 0 Å². The van der Waals surface area contributed by atoms with Crippen LogP contribution in [0.5, 0.6) is 0 Å². The van der Waals surface area contributed by atoms with Gasteiger partial charge in [0.15, 0.2) is 0 Å². The quantitative estimate of drug-likeness (QED) is 0.523. The first-order chi connectivity index (χ1) is 8.63. The Morgan fingerprint density at radius 3 is 2.94 bits per heavy atom. The van der Waals surface area contributed by atoms with Crippen molar-refractivity contribution in [1.82, 2.24) is 0 Å². The van der Waals surface area contributed by atoms with Crippen LogP contribution in [-0.4, -0.2) is 29.1 Å². The van der Waals surface area contributed by atoms with E-state index in [0.717, 1.165) is 5.75 Å². The predicted molar refractivity (Wildman–Crippen MR) is 73.1 cm³/mol. The number of carbonyl (C=O) groups excluding carboxylic acids is 1. The number of rotatable bonds is 7. The molecule has 1 aromatic carbocycles. The molecule has 4 nitrogen and oxygen atoms in total. The maximum atomic E-state index is 13.3. The number of hydrogen-bond acceptors (Lipinski definition) is 4. The molecule has 0 spiro atoms. The molecule has 18 heavy (non-hydrogen) atoms. The highest BCUT2D eigenvalue weighted by atomic mass is 32.2. The molecule has 1 rings (SSSR count). The molecule has 1 amide bonds. The number of aliphatic hydroxyl groups excluding tert-OH is 1. The van der Waals surface area contributed by atoms with Gasteiger partial charge in [0, 0.05) is 17.9 Å². The van der Waals surface area contributed by atoms with E-state index in [1.807, 2.05) is 0 Å². The third-order valence-corrected chi connectivity index (χ3v) is 3.24. The summed E-state index contributed by atoms with van der Waals surface area (Å²) in [6, 6.07) is 4.06. The number of carbonyl (C=O) groups is 1. The number of thioether (sulfide) groups is 1. The van der Waals surface area contributed by atoms with Crippen molar-refractivity contribution in [2.24, 2.45) is 0 Å². The molecule has 100 valence electrons. The van der Waals surface area contributed by atoms with Crippen molar-refractivity contribution in [3.8, 4) is 0 Å². The second-order valence-corrected chi connectivity index (χ2v) is 4.95. The molecule has 0 aliphatic rings. The molecule has 4 N–H and O–H groups in total. The van der Waals surface area contributed by atoms with E-state index >= 15 is 0 Å². The van der Waals surface area contributed by atoms with Crippen molar-refractivity contribution in [3.05, 3.63) is 24.0 Å². The van der Waals surface area contributed by atoms with Gasteiger partial charge in [-0.25, -0.2) is 4.39 Å². The standard InChI is InChI=1S/C12H17FN2O2S/c13-10-4-3-9(14)8-11(10)15-12(17)2-1-6-18-7-5-16/h3-4,8,16H,1-2,5-7,14H2,(H,15,17). The summed E-state index contributed by atoms with van der Waals surface area (Å²) >= 11 is 1.58. The maximum Gasteiger partial charge on any atom is 0.224 e. The van der Waals surface area contributed by atoms with Gasteiger partial charge in [-0.05, 0) is 30.4 Å². The SMILES string of the molecule is Nc1ccc(F)c(NC(=O)CCCSCCO)c1. The smallest absolute Gasteiger partial charge is 0.224 e. The van der Waals surface area contributed by atoms with Gasteiger partial charge in [0.25, 0.3) is 0 Å². The summed E-state index contributed by atoms with van der Waals surface area (Å²) in [5.74, 6) is 0.745. The number of amides is 1. The molecule has 1 aromatic rings. The number of halogens is 1. The largest absolute Gasteiger partial charge is 0.399 e. The molecule has 6 heteroatoms. The van der Waals surface area contributed by atoms with Gasteiger partial charge < -0.3 is 16.2 Å². The highest BCUT2D eigenvalue weighted by molar-refractivity contribution is 7.99. The van der Waals surface area contributed by atoms with Crippen molar-refractivity contribution in [1.29, 1.82) is 0 Å². The van der Waals surface area contributed by atoms with Gasteiger partial charge in [0.05, 0.1) is 12.3 Å². The number of nitrogen functional groups attached to an aromatic ring is 1. The number of aliphatic hydroxyl groups is 1. The van der Waals surface area contributed by atoms with Crippen LogP contribution in [0.3, 0.4) is 0 Å². The first kappa shape index (κ1) is 14.8. The van der Waals surface area contributed by atoms with Crippen LogP contribution < -0.4 is 11.1 Å². The van der Waals surface area contributed by atoms with E-state index in [-0.39, 0.29) is 18.2 Å². The summed E-state index contributed by atoms with van der Waals surface area (Å²) in [4.78, 5) is 11.5. The van der Waals surface area contributed by atoms with E-state index in [1.165, 1.54) is 18.2 Å². The summed E-state index contributed by atoms with van der Waals surface area (Å²) in [6.07, 6.45) is 1.02. The first-order valence-electron chi connectivity index (χ1n) is 5.67. The van der Waals surface area contributed by atoms with Gasteiger partial charge in [-0.3, -0.25) is 4.79 Å². The van der Waals surface area contributed by atoms with Crippen molar-refractivity contribution in [2.45, 2.75) is 12.8 Å². The summed E-state index contributed by atoms with van der Waals surface area (Å²) in [6.45, 7) is 0.144. The number of anilines is 2. The third-order valence-electron chi connectivity index (χ3n) is 2.19. The molecule has 0 radical (unpaired) electrons. The van der Waals surface area contributed by atoms with Crippen molar-refractivity contribution in [2.75, 3.05) is 29.2 Å². The van der Waals surface area contributed by atoms with Crippen LogP contribution in [0, 0.1) is 5.82 Å². The Balaban J connectivity index is 2.33. The Labute approximate surface area is 110 Å². The lowest BCUT2D eigenvalue weighted by molar-refractivity contribution is -0.116. The van der Waals surface area contributed by atoms with E-state index < -0.39 is 5.82 Å². The zero-order chi connectivity index (χ0) is 13.4. The molecule has 0 saturated carbocycles. The van der Waals surface area contributed by atoms with Gasteiger partial charge in [-0.1, -0.05) is 0 Å². The van der Waals surface area contributed by atoms with Crippen LogP contribution in [0.1, 0.15) is 12.8 Å². The lowest BCUT2D eigenvalue weighted by Gasteiger charge is -2.07. The fraction of sp³-hybridized carbons (Fsp3) is 0.417. The van der Waals surface area contributed by atoms with E-state index in [1.54, 1.807) is 11.8 Å². The zero-order valence-electron chi connectivity index (χ0n) is 9.99. The van der Waals surface area contributed by atoms with Crippen LogP contribution in [0.4, 0.5) is 15.8 Å². The average Bonchev–Trinajstić information content (AvgIpc) is 2.33. The molecule has 0 aliphatic heterocycles. The fourth-order valence-corrected chi connectivity index (χ4v) is 2.03. The molecule has 0 atom stereocenters. The van der Waals surface area contributed by atoms with Gasteiger partial charge in [0.1, 0.15) is 5.82 Å². The Kier molecular flexibility index (Phi) is 6.53. The van der Waals surface area contributed by atoms with E-state index in [0.29, 0.717) is 24.3 Å². The molecule has 0 aliphatic carbocycles. The molecule has 0 saturated heterocycles. The predicted octanol–water partition coefficient (Wildman–Crippen LogP) is 1.85. The van der Waals surface area contributed by atoms with Crippen LogP contribution >= 0.6 is 11.8 Å². The van der Waals surface area contributed by atoms with E-state index in [2.05, 4.69) is 5.32 Å². The summed E-state index contributed by atoms with van der Waals surface area (Å²) in [5, 5.41) is 11.1. The lowest BCUT2D eigenvalue weighted by atomic mass is 10.2. The van der Waals surface area contributed by atoms with Crippen molar-refractivity contribution >= 4 is 29.0 Å². The molecule has 0 aromatic heterocycles. The minimum absolute atomic E-state index is 0.114. The summed E-state index contributed by atoms with van der Waals surface area (Å²) in [5.41, 5.74) is 6.03. The van der Waals surface area contributed by atoms with Gasteiger partial charge in [-0.2, -0.15) is 11.8 Å². The lowest BCUT2D eigenvalue weighted by Crippen LogP contribution is -2.13. The molecule has 0 fully saturated rings. The minimum Gasteiger partial charge on any atom is -0.399 e. The van der Waals surface area contributed by atoms with Crippen LogP contribution in [-0.2, 0) is 4.79 Å². The fourth-order valence-electron chi connectivity index (χ4n) is 1.35. The normalized spacial score (nSPS) is 10.3. The first-order valence-corrected chi connectivity index (χ1v) is 6.82. The third kappa shape index (κ3) is 5.37. The summed E-state index contributed by atoms with van der Waals surface area (Å²) < 4.78 is 13.3. The monoisotopic (exact) mass is 272 g/mol. The topological polar surface area (TPSA) is 75.3 Å². The Bertz CT molecular complexity index is 402. The Morgan fingerprint density at radius 1 is 1.44 bits per heavy atom. The Morgan fingerprint density at radius 2 is 2.22 bits per heavy atom. The molecular weight excluding hydrogens is 255 g/mol. The van der Waals surface area contributed by atoms with E-state index in [9.17, 15) is 9.18 Å². The van der Waals surface area contributed by atoms with E-state index in [4.69, 9.17) is 10.8 Å². The summed E-state index contributed by atoms with van der Waals surface area (Å²) in [7, 11) is 0. The maximum absolute atomic E-state index is 13.3. The van der Waals surface area contributed by atoms with Crippen molar-refractivity contribution < 1.29 is 14.3 Å². The second-order valence-electron chi connectivity index (χ2n) is 3.73. The van der Waals surface area contributed by atoms with Crippen molar-refractivity contribution in [3.63, 3.8) is 0 Å². The number of benzene rings is 1. The minimum atomic E-state index is -0.493. The molecule has 0 bridgehead atoms. The molecule has 0 heterocycles. The van der Waals surface area contributed by atoms with Gasteiger partial charge in [-0.15, -0.1) is 0 Å². The van der Waals surface area contributed by atoms with Crippen LogP contribution in [0.2, 0.25) is 0 Å². The van der Waals surface area contributed by atoms with Crippen LogP contribution in [0.15, 0.2) is 18.2 Å². The zero-order valence-corrected chi connectivity index (χ0v) is 10.8. The highest BCUT2D eigenvalue weighted by Gasteiger charge is 2.07. The highest BCUT2D eigenvalue weighted by Crippen LogP contribution is 2.17. The van der Waals surface area contributed by atoms with Gasteiger partial charge in [0.2, 0.25) is 5.91 Å².